The van der Waals surface area contributed by atoms with Gasteiger partial charge in [0.2, 0.25) is 0 Å². The van der Waals surface area contributed by atoms with Crippen LogP contribution in [0.3, 0.4) is 0 Å². The zero-order chi connectivity index (χ0) is 11.6. The first-order valence-corrected chi connectivity index (χ1v) is 5.56. The van der Waals surface area contributed by atoms with E-state index in [4.69, 9.17) is 5.73 Å². The number of halogens is 1. The largest absolute Gasteiger partial charge is 0.377 e. The van der Waals surface area contributed by atoms with E-state index in [9.17, 15) is 4.39 Å². The van der Waals surface area contributed by atoms with Gasteiger partial charge in [-0.2, -0.15) is 0 Å². The number of nitrogens with zero attached hydrogens (tertiary/aromatic N) is 1. The smallest absolute Gasteiger partial charge is 0.125 e. The minimum atomic E-state index is -0.219. The number of anilines is 1. The van der Waals surface area contributed by atoms with Gasteiger partial charge in [-0.05, 0) is 31.7 Å². The molecule has 1 aliphatic heterocycles. The minimum Gasteiger partial charge on any atom is -0.377 e. The fraction of sp³-hybridized carbons (Fsp3) is 0.500. The van der Waals surface area contributed by atoms with Gasteiger partial charge in [0.1, 0.15) is 5.82 Å². The van der Waals surface area contributed by atoms with Crippen LogP contribution in [0.1, 0.15) is 6.42 Å². The number of rotatable bonds is 3. The Kier molecular flexibility index (Phi) is 3.12. The molecular formula is C12H18FN3. The van der Waals surface area contributed by atoms with E-state index in [1.54, 1.807) is 6.07 Å². The Morgan fingerprint density at radius 3 is 2.94 bits per heavy atom. The third-order valence-corrected chi connectivity index (χ3v) is 3.17. The van der Waals surface area contributed by atoms with Crippen molar-refractivity contribution in [3.8, 4) is 0 Å². The Hall–Kier alpha value is -1.13. The van der Waals surface area contributed by atoms with Crippen molar-refractivity contribution in [1.82, 2.24) is 4.90 Å². The van der Waals surface area contributed by atoms with Crippen molar-refractivity contribution in [2.75, 3.05) is 32.0 Å². The summed E-state index contributed by atoms with van der Waals surface area (Å²) < 4.78 is 13.1. The van der Waals surface area contributed by atoms with E-state index in [2.05, 4.69) is 17.3 Å². The number of hydrogen-bond donors (Lipinski definition) is 2. The molecule has 0 spiro atoms. The quantitative estimate of drug-likeness (QED) is 0.811. The van der Waals surface area contributed by atoms with Crippen LogP contribution >= 0.6 is 0 Å². The van der Waals surface area contributed by atoms with Crippen LogP contribution in [-0.4, -0.2) is 37.1 Å². The van der Waals surface area contributed by atoms with Crippen LogP contribution in [-0.2, 0) is 0 Å². The molecule has 0 bridgehead atoms. The van der Waals surface area contributed by atoms with Crippen LogP contribution in [0.5, 0.6) is 0 Å². The summed E-state index contributed by atoms with van der Waals surface area (Å²) in [5, 5.41) is 3.37. The zero-order valence-corrected chi connectivity index (χ0v) is 9.54. The molecule has 3 nitrogen and oxygen atoms in total. The molecule has 1 atom stereocenters. The zero-order valence-electron chi connectivity index (χ0n) is 9.54. The van der Waals surface area contributed by atoms with Crippen molar-refractivity contribution in [3.63, 3.8) is 0 Å². The molecule has 4 heteroatoms. The topological polar surface area (TPSA) is 41.3 Å². The number of nitrogens with two attached hydrogens (primary N) is 1. The molecule has 1 aliphatic rings. The molecule has 88 valence electrons. The summed E-state index contributed by atoms with van der Waals surface area (Å²) in [6.45, 7) is 2.49. The van der Waals surface area contributed by atoms with Crippen molar-refractivity contribution in [2.24, 2.45) is 5.73 Å². The summed E-state index contributed by atoms with van der Waals surface area (Å²) in [6.07, 6.45) is 0.997. The third kappa shape index (κ3) is 2.33. The number of nitrogens with one attached hydrogen (secondary N) is 1. The number of benzene rings is 1. The first kappa shape index (κ1) is 11.4. The molecule has 1 unspecified atom stereocenters. The highest BCUT2D eigenvalue weighted by molar-refractivity contribution is 5.46. The van der Waals surface area contributed by atoms with E-state index in [1.165, 1.54) is 12.1 Å². The summed E-state index contributed by atoms with van der Waals surface area (Å²) in [4.78, 5) is 2.24. The molecular weight excluding hydrogens is 205 g/mol. The molecule has 16 heavy (non-hydrogen) atoms. The highest BCUT2D eigenvalue weighted by Gasteiger charge is 2.35. The maximum absolute atomic E-state index is 13.1. The van der Waals surface area contributed by atoms with Crippen LogP contribution in [0.25, 0.3) is 0 Å². The lowest BCUT2D eigenvalue weighted by atomic mass is 9.98. The monoisotopic (exact) mass is 223 g/mol. The first-order chi connectivity index (χ1) is 7.63. The Morgan fingerprint density at radius 1 is 1.56 bits per heavy atom. The van der Waals surface area contributed by atoms with Crippen molar-refractivity contribution < 1.29 is 4.39 Å². The predicted octanol–water partition coefficient (Wildman–Crippen LogP) is 1.27. The van der Waals surface area contributed by atoms with E-state index in [1.807, 2.05) is 6.07 Å². The SMILES string of the molecule is CN1CCC(CN)(Nc2cccc(F)c2)C1. The van der Waals surface area contributed by atoms with Gasteiger partial charge in [0, 0.05) is 25.3 Å². The minimum absolute atomic E-state index is 0.109. The fourth-order valence-electron chi connectivity index (χ4n) is 2.27. The van der Waals surface area contributed by atoms with Crippen LogP contribution in [0.15, 0.2) is 24.3 Å². The molecule has 3 N–H and O–H groups in total. The van der Waals surface area contributed by atoms with Gasteiger partial charge in [0.15, 0.2) is 0 Å². The Labute approximate surface area is 95.4 Å². The average Bonchev–Trinajstić information content (AvgIpc) is 2.61. The second-order valence-electron chi connectivity index (χ2n) is 4.61. The maximum atomic E-state index is 13.1. The summed E-state index contributed by atoms with van der Waals surface area (Å²) in [5.74, 6) is -0.219. The summed E-state index contributed by atoms with van der Waals surface area (Å²) >= 11 is 0. The Balaban J connectivity index is 2.13. The van der Waals surface area contributed by atoms with Crippen molar-refractivity contribution in [2.45, 2.75) is 12.0 Å². The maximum Gasteiger partial charge on any atom is 0.125 e. The van der Waals surface area contributed by atoms with Crippen LogP contribution in [0.4, 0.5) is 10.1 Å². The molecule has 1 aromatic rings. The lowest BCUT2D eigenvalue weighted by Crippen LogP contribution is -2.47. The molecule has 0 saturated carbocycles. The first-order valence-electron chi connectivity index (χ1n) is 5.56. The molecule has 2 rings (SSSR count). The highest BCUT2D eigenvalue weighted by atomic mass is 19.1. The molecule has 0 aromatic heterocycles. The van der Waals surface area contributed by atoms with Crippen molar-refractivity contribution in [3.05, 3.63) is 30.1 Å². The Morgan fingerprint density at radius 2 is 2.38 bits per heavy atom. The third-order valence-electron chi connectivity index (χ3n) is 3.17. The van der Waals surface area contributed by atoms with Gasteiger partial charge in [-0.3, -0.25) is 0 Å². The Bertz CT molecular complexity index is 369. The van der Waals surface area contributed by atoms with E-state index >= 15 is 0 Å². The average molecular weight is 223 g/mol. The molecule has 1 heterocycles. The normalized spacial score (nSPS) is 25.9. The molecule has 1 fully saturated rings. The molecule has 0 amide bonds. The second-order valence-corrected chi connectivity index (χ2v) is 4.61. The van der Waals surface area contributed by atoms with Gasteiger partial charge in [-0.15, -0.1) is 0 Å². The standard InChI is InChI=1S/C12H18FN3/c1-16-6-5-12(8-14,9-16)15-11-4-2-3-10(13)7-11/h2-4,7,15H,5-6,8-9,14H2,1H3. The van der Waals surface area contributed by atoms with Crippen LogP contribution in [0.2, 0.25) is 0 Å². The summed E-state index contributed by atoms with van der Waals surface area (Å²) in [6, 6.07) is 6.54. The predicted molar refractivity (Wildman–Crippen MR) is 63.9 cm³/mol. The van der Waals surface area contributed by atoms with Gasteiger partial charge in [0.25, 0.3) is 0 Å². The van der Waals surface area contributed by atoms with Gasteiger partial charge < -0.3 is 16.0 Å². The highest BCUT2D eigenvalue weighted by Crippen LogP contribution is 2.24. The van der Waals surface area contributed by atoms with Gasteiger partial charge in [-0.1, -0.05) is 6.07 Å². The lowest BCUT2D eigenvalue weighted by molar-refractivity contribution is 0.385. The fourth-order valence-corrected chi connectivity index (χ4v) is 2.27. The van der Waals surface area contributed by atoms with E-state index in [0.717, 1.165) is 25.2 Å². The van der Waals surface area contributed by atoms with Gasteiger partial charge in [-0.25, -0.2) is 4.39 Å². The summed E-state index contributed by atoms with van der Waals surface area (Å²) in [7, 11) is 2.07. The van der Waals surface area contributed by atoms with Crippen molar-refractivity contribution >= 4 is 5.69 Å². The number of likely N-dealkylation sites (tertiary alicyclic amines) is 1. The lowest BCUT2D eigenvalue weighted by Gasteiger charge is -2.30. The number of hydrogen-bond acceptors (Lipinski definition) is 3. The van der Waals surface area contributed by atoms with E-state index in [-0.39, 0.29) is 11.4 Å². The molecule has 1 saturated heterocycles. The van der Waals surface area contributed by atoms with E-state index < -0.39 is 0 Å². The second kappa shape index (κ2) is 4.39. The van der Waals surface area contributed by atoms with Crippen LogP contribution < -0.4 is 11.1 Å². The van der Waals surface area contributed by atoms with Gasteiger partial charge in [0.05, 0.1) is 5.54 Å². The molecule has 0 radical (unpaired) electrons. The molecule has 1 aromatic carbocycles. The molecule has 0 aliphatic carbocycles. The van der Waals surface area contributed by atoms with Gasteiger partial charge >= 0.3 is 0 Å². The van der Waals surface area contributed by atoms with E-state index in [0.29, 0.717) is 6.54 Å². The summed E-state index contributed by atoms with van der Waals surface area (Å²) in [5.41, 5.74) is 6.53. The number of likely N-dealkylation sites (N-methyl/N-ethyl adjacent to an activating group) is 1. The van der Waals surface area contributed by atoms with Crippen molar-refractivity contribution in [1.29, 1.82) is 0 Å². The van der Waals surface area contributed by atoms with Crippen LogP contribution in [0, 0.1) is 5.82 Å².